The third-order valence-corrected chi connectivity index (χ3v) is 2.02. The van der Waals surface area contributed by atoms with Gasteiger partial charge in [0, 0.05) is 6.54 Å². The number of ether oxygens (including phenoxy) is 1. The minimum atomic E-state index is -0.158. The summed E-state index contributed by atoms with van der Waals surface area (Å²) in [6.07, 6.45) is 4.00. The summed E-state index contributed by atoms with van der Waals surface area (Å²) >= 11 is 0. The van der Waals surface area contributed by atoms with E-state index in [9.17, 15) is 4.79 Å². The van der Waals surface area contributed by atoms with E-state index in [4.69, 9.17) is 0 Å². The zero-order valence-corrected chi connectivity index (χ0v) is 7.59. The number of carbonyl (C=O) groups excluding carboxylic acids is 1. The van der Waals surface area contributed by atoms with E-state index in [-0.39, 0.29) is 12.0 Å². The maximum atomic E-state index is 11.1. The van der Waals surface area contributed by atoms with Crippen LogP contribution in [0.4, 0.5) is 0 Å². The van der Waals surface area contributed by atoms with E-state index < -0.39 is 0 Å². The summed E-state index contributed by atoms with van der Waals surface area (Å²) in [7, 11) is 1.42. The second-order valence-corrected chi connectivity index (χ2v) is 2.93. The monoisotopic (exact) mass is 169 g/mol. The first-order chi connectivity index (χ1) is 5.77. The average molecular weight is 169 g/mol. The molecule has 1 fully saturated rings. The number of esters is 1. The van der Waals surface area contributed by atoms with Crippen LogP contribution in [-0.2, 0) is 9.53 Å². The highest BCUT2D eigenvalue weighted by Crippen LogP contribution is 2.14. The van der Waals surface area contributed by atoms with Gasteiger partial charge in [0.05, 0.1) is 7.11 Å². The van der Waals surface area contributed by atoms with E-state index >= 15 is 0 Å². The number of rotatable bonds is 2. The third kappa shape index (κ3) is 2.08. The Morgan fingerprint density at radius 2 is 2.58 bits per heavy atom. The maximum absolute atomic E-state index is 11.1. The highest BCUT2D eigenvalue weighted by atomic mass is 16.5. The van der Waals surface area contributed by atoms with Crippen LogP contribution in [0.25, 0.3) is 0 Å². The molecule has 0 aromatic heterocycles. The summed E-state index contributed by atoms with van der Waals surface area (Å²) in [5.74, 6) is -0.158. The molecule has 3 nitrogen and oxygen atoms in total. The topological polar surface area (TPSA) is 38.3 Å². The molecule has 0 radical (unpaired) electrons. The summed E-state index contributed by atoms with van der Waals surface area (Å²) in [4.78, 5) is 11.1. The number of methoxy groups -OCH3 is 1. The molecular formula is C9H15NO2. The fourth-order valence-corrected chi connectivity index (χ4v) is 1.41. The molecule has 68 valence electrons. The lowest BCUT2D eigenvalue weighted by atomic mass is 10.1. The SMILES string of the molecule is CCC=C1CN[C@H](C(=O)OC)C1. The fourth-order valence-electron chi connectivity index (χ4n) is 1.41. The molecular weight excluding hydrogens is 154 g/mol. The van der Waals surface area contributed by atoms with Gasteiger partial charge in [-0.05, 0) is 12.8 Å². The molecule has 0 amide bonds. The predicted molar refractivity (Wildman–Crippen MR) is 46.8 cm³/mol. The normalized spacial score (nSPS) is 26.2. The van der Waals surface area contributed by atoms with Crippen LogP contribution in [0.3, 0.4) is 0 Å². The summed E-state index contributed by atoms with van der Waals surface area (Å²) in [6, 6.07) is -0.118. The van der Waals surface area contributed by atoms with Crippen LogP contribution in [0.2, 0.25) is 0 Å². The minimum Gasteiger partial charge on any atom is -0.468 e. The molecule has 0 spiro atoms. The highest BCUT2D eigenvalue weighted by Gasteiger charge is 2.25. The molecule has 1 saturated heterocycles. The van der Waals surface area contributed by atoms with Gasteiger partial charge in [-0.25, -0.2) is 0 Å². The van der Waals surface area contributed by atoms with E-state index in [1.54, 1.807) is 0 Å². The second kappa shape index (κ2) is 4.26. The van der Waals surface area contributed by atoms with Crippen molar-refractivity contribution in [3.8, 4) is 0 Å². The number of allylic oxidation sites excluding steroid dienone is 1. The van der Waals surface area contributed by atoms with E-state index in [1.165, 1.54) is 12.7 Å². The van der Waals surface area contributed by atoms with Crippen LogP contribution in [0.5, 0.6) is 0 Å². The van der Waals surface area contributed by atoms with Crippen molar-refractivity contribution in [2.24, 2.45) is 0 Å². The molecule has 1 heterocycles. The smallest absolute Gasteiger partial charge is 0.323 e. The Kier molecular flexibility index (Phi) is 3.29. The molecule has 1 aliphatic rings. The van der Waals surface area contributed by atoms with Gasteiger partial charge < -0.3 is 10.1 Å². The summed E-state index contributed by atoms with van der Waals surface area (Å²) in [5, 5.41) is 3.10. The van der Waals surface area contributed by atoms with Gasteiger partial charge in [-0.15, -0.1) is 0 Å². The second-order valence-electron chi connectivity index (χ2n) is 2.93. The molecule has 1 atom stereocenters. The van der Waals surface area contributed by atoms with Crippen molar-refractivity contribution >= 4 is 5.97 Å². The van der Waals surface area contributed by atoms with Crippen molar-refractivity contribution in [3.63, 3.8) is 0 Å². The standard InChI is InChI=1S/C9H15NO2/c1-3-4-7-5-8(10-6-7)9(11)12-2/h4,8,10H,3,5-6H2,1-2H3/t8-/m0/s1. The molecule has 0 unspecified atom stereocenters. The summed E-state index contributed by atoms with van der Waals surface area (Å²) in [5.41, 5.74) is 1.31. The van der Waals surface area contributed by atoms with Gasteiger partial charge in [0.2, 0.25) is 0 Å². The zero-order valence-electron chi connectivity index (χ0n) is 7.59. The number of carbonyl (C=O) groups is 1. The van der Waals surface area contributed by atoms with Crippen LogP contribution >= 0.6 is 0 Å². The van der Waals surface area contributed by atoms with E-state index in [0.717, 1.165) is 19.4 Å². The molecule has 0 aliphatic carbocycles. The van der Waals surface area contributed by atoms with Crippen LogP contribution < -0.4 is 5.32 Å². The number of hydrogen-bond donors (Lipinski definition) is 1. The molecule has 3 heteroatoms. The quantitative estimate of drug-likeness (QED) is 0.492. The van der Waals surface area contributed by atoms with Gasteiger partial charge in [-0.2, -0.15) is 0 Å². The minimum absolute atomic E-state index is 0.118. The van der Waals surface area contributed by atoms with Crippen molar-refractivity contribution in [2.45, 2.75) is 25.8 Å². The Balaban J connectivity index is 2.45. The van der Waals surface area contributed by atoms with Crippen molar-refractivity contribution in [1.29, 1.82) is 0 Å². The van der Waals surface area contributed by atoms with E-state index in [1.807, 2.05) is 0 Å². The van der Waals surface area contributed by atoms with Gasteiger partial charge in [0.15, 0.2) is 0 Å². The van der Waals surface area contributed by atoms with Crippen LogP contribution in [0.15, 0.2) is 11.6 Å². The largest absolute Gasteiger partial charge is 0.468 e. The lowest BCUT2D eigenvalue weighted by Gasteiger charge is -2.04. The molecule has 0 saturated carbocycles. The van der Waals surface area contributed by atoms with Crippen molar-refractivity contribution in [1.82, 2.24) is 5.32 Å². The average Bonchev–Trinajstić information content (AvgIpc) is 2.52. The third-order valence-electron chi connectivity index (χ3n) is 2.02. The van der Waals surface area contributed by atoms with E-state index in [0.29, 0.717) is 0 Å². The molecule has 0 bridgehead atoms. The number of nitrogens with one attached hydrogen (secondary N) is 1. The first-order valence-electron chi connectivity index (χ1n) is 4.27. The van der Waals surface area contributed by atoms with Crippen LogP contribution in [0, 0.1) is 0 Å². The molecule has 0 aromatic carbocycles. The predicted octanol–water partition coefficient (Wildman–Crippen LogP) is 0.858. The Labute approximate surface area is 72.8 Å². The van der Waals surface area contributed by atoms with Crippen LogP contribution in [-0.4, -0.2) is 25.7 Å². The lowest BCUT2D eigenvalue weighted by molar-refractivity contribution is -0.142. The first-order valence-corrected chi connectivity index (χ1v) is 4.27. The van der Waals surface area contributed by atoms with Gasteiger partial charge >= 0.3 is 5.97 Å². The van der Waals surface area contributed by atoms with Crippen molar-refractivity contribution in [3.05, 3.63) is 11.6 Å². The molecule has 0 aromatic rings. The van der Waals surface area contributed by atoms with Gasteiger partial charge in [-0.1, -0.05) is 18.6 Å². The van der Waals surface area contributed by atoms with Gasteiger partial charge in [0.1, 0.15) is 6.04 Å². The first kappa shape index (κ1) is 9.26. The Morgan fingerprint density at radius 1 is 1.83 bits per heavy atom. The van der Waals surface area contributed by atoms with Gasteiger partial charge in [-0.3, -0.25) is 4.79 Å². The zero-order chi connectivity index (χ0) is 8.97. The van der Waals surface area contributed by atoms with Gasteiger partial charge in [0.25, 0.3) is 0 Å². The fraction of sp³-hybridized carbons (Fsp3) is 0.667. The Morgan fingerprint density at radius 3 is 3.17 bits per heavy atom. The van der Waals surface area contributed by atoms with Crippen LogP contribution in [0.1, 0.15) is 19.8 Å². The molecule has 12 heavy (non-hydrogen) atoms. The molecule has 1 aliphatic heterocycles. The Hall–Kier alpha value is -0.830. The summed E-state index contributed by atoms with van der Waals surface area (Å²) in [6.45, 7) is 2.92. The van der Waals surface area contributed by atoms with E-state index in [2.05, 4.69) is 23.1 Å². The highest BCUT2D eigenvalue weighted by molar-refractivity contribution is 5.76. The molecule has 1 N–H and O–H groups in total. The number of hydrogen-bond acceptors (Lipinski definition) is 3. The van der Waals surface area contributed by atoms with Crippen molar-refractivity contribution in [2.75, 3.05) is 13.7 Å². The summed E-state index contributed by atoms with van der Waals surface area (Å²) < 4.78 is 4.63. The lowest BCUT2D eigenvalue weighted by Crippen LogP contribution is -2.31. The molecule has 1 rings (SSSR count). The maximum Gasteiger partial charge on any atom is 0.323 e. The Bertz CT molecular complexity index is 199. The van der Waals surface area contributed by atoms with Crippen molar-refractivity contribution < 1.29 is 9.53 Å².